The molecule has 10 heteroatoms. The molecule has 2 rings (SSSR count). The molecule has 1 N–H and O–H groups in total. The Morgan fingerprint density at radius 3 is 2.46 bits per heavy atom. The third-order valence-corrected chi connectivity index (χ3v) is 4.46. The van der Waals surface area contributed by atoms with Crippen LogP contribution in [0.5, 0.6) is 0 Å². The molecule has 0 saturated carbocycles. The SMILES string of the molecule is C=CCc1nocc1C(=O)Nc1ccc(S(=O)(=O)C(F)(F)F)cc1. The van der Waals surface area contributed by atoms with Gasteiger partial charge in [0.05, 0.1) is 4.90 Å². The summed E-state index contributed by atoms with van der Waals surface area (Å²) in [5, 5.41) is 6.04. The van der Waals surface area contributed by atoms with Gasteiger partial charge in [-0.05, 0) is 24.3 Å². The molecule has 1 aromatic carbocycles. The number of sulfone groups is 1. The van der Waals surface area contributed by atoms with E-state index in [2.05, 4.69) is 17.1 Å². The molecule has 0 aliphatic rings. The third-order valence-electron chi connectivity index (χ3n) is 2.95. The summed E-state index contributed by atoms with van der Waals surface area (Å²) < 4.78 is 64.5. The summed E-state index contributed by atoms with van der Waals surface area (Å²) in [5.41, 5.74) is -4.78. The van der Waals surface area contributed by atoms with E-state index >= 15 is 0 Å². The largest absolute Gasteiger partial charge is 0.501 e. The lowest BCUT2D eigenvalue weighted by Crippen LogP contribution is -2.23. The number of allylic oxidation sites excluding steroid dienone is 1. The quantitative estimate of drug-likeness (QED) is 0.828. The molecule has 128 valence electrons. The maximum atomic E-state index is 12.4. The first-order valence-corrected chi connectivity index (χ1v) is 7.92. The third kappa shape index (κ3) is 3.48. The van der Waals surface area contributed by atoms with Gasteiger partial charge in [0.1, 0.15) is 17.5 Å². The number of alkyl halides is 3. The van der Waals surface area contributed by atoms with Gasteiger partial charge >= 0.3 is 5.51 Å². The van der Waals surface area contributed by atoms with Gasteiger partial charge in [-0.15, -0.1) is 6.58 Å². The van der Waals surface area contributed by atoms with E-state index in [0.29, 0.717) is 12.1 Å². The second-order valence-electron chi connectivity index (χ2n) is 4.60. The summed E-state index contributed by atoms with van der Waals surface area (Å²) in [5.74, 6) is -0.598. The number of amides is 1. The van der Waals surface area contributed by atoms with Crippen molar-refractivity contribution < 1.29 is 30.9 Å². The van der Waals surface area contributed by atoms with E-state index in [1.807, 2.05) is 0 Å². The minimum atomic E-state index is -5.43. The van der Waals surface area contributed by atoms with Gasteiger partial charge in [0, 0.05) is 12.1 Å². The molecule has 2 aromatic rings. The highest BCUT2D eigenvalue weighted by Crippen LogP contribution is 2.30. The fraction of sp³-hybridized carbons (Fsp3) is 0.143. The minimum absolute atomic E-state index is 0.117. The van der Waals surface area contributed by atoms with E-state index in [4.69, 9.17) is 4.52 Å². The summed E-state index contributed by atoms with van der Waals surface area (Å²) >= 11 is 0. The maximum absolute atomic E-state index is 12.4. The number of aromatic nitrogens is 1. The van der Waals surface area contributed by atoms with Gasteiger partial charge in [-0.1, -0.05) is 11.2 Å². The van der Waals surface area contributed by atoms with Crippen LogP contribution < -0.4 is 5.32 Å². The Morgan fingerprint density at radius 2 is 1.92 bits per heavy atom. The molecule has 0 fully saturated rings. The number of carbonyl (C=O) groups is 1. The first-order valence-electron chi connectivity index (χ1n) is 6.43. The molecular formula is C14H11F3N2O4S. The lowest BCUT2D eigenvalue weighted by molar-refractivity contribution is -0.0436. The van der Waals surface area contributed by atoms with E-state index in [1.165, 1.54) is 6.08 Å². The van der Waals surface area contributed by atoms with Crippen LogP contribution in [0.15, 0.2) is 52.6 Å². The smallest absolute Gasteiger partial charge is 0.364 e. The predicted octanol–water partition coefficient (Wildman–Crippen LogP) is 2.95. The average molecular weight is 360 g/mol. The van der Waals surface area contributed by atoms with E-state index in [-0.39, 0.29) is 11.3 Å². The predicted molar refractivity (Wildman–Crippen MR) is 78.0 cm³/mol. The highest BCUT2D eigenvalue weighted by atomic mass is 32.2. The van der Waals surface area contributed by atoms with Crippen molar-refractivity contribution in [1.82, 2.24) is 5.16 Å². The lowest BCUT2D eigenvalue weighted by Gasteiger charge is -2.09. The van der Waals surface area contributed by atoms with Gasteiger partial charge in [0.2, 0.25) is 0 Å². The Balaban J connectivity index is 2.19. The van der Waals surface area contributed by atoms with Crippen LogP contribution in [0.3, 0.4) is 0 Å². The second kappa shape index (κ2) is 6.48. The zero-order valence-corrected chi connectivity index (χ0v) is 12.8. The zero-order valence-electron chi connectivity index (χ0n) is 12.0. The van der Waals surface area contributed by atoms with Gasteiger partial charge in [-0.3, -0.25) is 4.79 Å². The molecule has 0 saturated heterocycles. The topological polar surface area (TPSA) is 89.3 Å². The molecule has 1 heterocycles. The van der Waals surface area contributed by atoms with Gasteiger partial charge in [0.25, 0.3) is 15.7 Å². The second-order valence-corrected chi connectivity index (χ2v) is 6.54. The standard InChI is InChI=1S/C14H11F3N2O4S/c1-2-3-12-11(8-23-19-12)13(20)18-9-4-6-10(7-5-9)24(21,22)14(15,16)17/h2,4-8H,1,3H2,(H,18,20). The Kier molecular flexibility index (Phi) is 4.78. The van der Waals surface area contributed by atoms with Crippen molar-refractivity contribution in [2.75, 3.05) is 5.32 Å². The zero-order chi connectivity index (χ0) is 18.0. The van der Waals surface area contributed by atoms with Crippen LogP contribution in [-0.2, 0) is 16.3 Å². The number of anilines is 1. The van der Waals surface area contributed by atoms with Crippen molar-refractivity contribution in [2.45, 2.75) is 16.8 Å². The van der Waals surface area contributed by atoms with Crippen molar-refractivity contribution >= 4 is 21.4 Å². The summed E-state index contributed by atoms with van der Waals surface area (Å²) in [6, 6.07) is 3.63. The molecule has 0 aliphatic carbocycles. The summed E-state index contributed by atoms with van der Waals surface area (Å²) in [6.45, 7) is 3.51. The molecule has 0 spiro atoms. The van der Waals surface area contributed by atoms with Crippen molar-refractivity contribution in [3.63, 3.8) is 0 Å². The van der Waals surface area contributed by atoms with Gasteiger partial charge in [-0.25, -0.2) is 8.42 Å². The summed E-state index contributed by atoms with van der Waals surface area (Å²) in [4.78, 5) is 11.2. The van der Waals surface area contributed by atoms with E-state index < -0.39 is 26.1 Å². The molecule has 1 amide bonds. The normalized spacial score (nSPS) is 12.0. The number of hydrogen-bond donors (Lipinski definition) is 1. The highest BCUT2D eigenvalue weighted by Gasteiger charge is 2.46. The first kappa shape index (κ1) is 17.7. The Morgan fingerprint density at radius 1 is 1.29 bits per heavy atom. The lowest BCUT2D eigenvalue weighted by atomic mass is 10.2. The molecule has 24 heavy (non-hydrogen) atoms. The van der Waals surface area contributed by atoms with Crippen molar-refractivity contribution in [2.24, 2.45) is 0 Å². The molecule has 0 atom stereocenters. The van der Waals surface area contributed by atoms with Crippen LogP contribution in [0.25, 0.3) is 0 Å². The van der Waals surface area contributed by atoms with E-state index in [9.17, 15) is 26.4 Å². The van der Waals surface area contributed by atoms with Crippen molar-refractivity contribution in [3.05, 3.63) is 54.4 Å². The number of rotatable bonds is 5. The first-order chi connectivity index (χ1) is 11.2. The van der Waals surface area contributed by atoms with Crippen LogP contribution in [0.4, 0.5) is 18.9 Å². The molecule has 1 aromatic heterocycles. The van der Waals surface area contributed by atoms with Gasteiger partial charge < -0.3 is 9.84 Å². The summed E-state index contributed by atoms with van der Waals surface area (Å²) in [6.07, 6.45) is 2.93. The van der Waals surface area contributed by atoms with Crippen LogP contribution in [0, 0.1) is 0 Å². The molecule has 0 bridgehead atoms. The number of benzene rings is 1. The number of nitrogens with one attached hydrogen (secondary N) is 1. The summed E-state index contributed by atoms with van der Waals surface area (Å²) in [7, 11) is -5.43. The van der Waals surface area contributed by atoms with E-state index in [1.54, 1.807) is 0 Å². The Labute approximate surface area is 134 Å². The van der Waals surface area contributed by atoms with Crippen LogP contribution >= 0.6 is 0 Å². The van der Waals surface area contributed by atoms with Gasteiger partial charge in [-0.2, -0.15) is 13.2 Å². The van der Waals surface area contributed by atoms with Crippen molar-refractivity contribution in [3.8, 4) is 0 Å². The molecular weight excluding hydrogens is 349 g/mol. The minimum Gasteiger partial charge on any atom is -0.364 e. The number of hydrogen-bond acceptors (Lipinski definition) is 5. The maximum Gasteiger partial charge on any atom is 0.501 e. The van der Waals surface area contributed by atoms with Crippen LogP contribution in [0.2, 0.25) is 0 Å². The van der Waals surface area contributed by atoms with Gasteiger partial charge in [0.15, 0.2) is 0 Å². The van der Waals surface area contributed by atoms with Crippen molar-refractivity contribution in [1.29, 1.82) is 0 Å². The van der Waals surface area contributed by atoms with Crippen LogP contribution in [0.1, 0.15) is 16.1 Å². The fourth-order valence-electron chi connectivity index (χ4n) is 1.78. The monoisotopic (exact) mass is 360 g/mol. The molecule has 0 unspecified atom stereocenters. The van der Waals surface area contributed by atoms with Crippen LogP contribution in [-0.4, -0.2) is 25.0 Å². The molecule has 0 radical (unpaired) electrons. The average Bonchev–Trinajstić information content (AvgIpc) is 2.95. The Hall–Kier alpha value is -2.62. The molecule has 0 aliphatic heterocycles. The molecule has 6 nitrogen and oxygen atoms in total. The van der Waals surface area contributed by atoms with E-state index in [0.717, 1.165) is 30.5 Å². The number of nitrogens with zero attached hydrogens (tertiary/aromatic N) is 1. The highest BCUT2D eigenvalue weighted by molar-refractivity contribution is 7.92. The fourth-order valence-corrected chi connectivity index (χ4v) is 2.54. The Bertz CT molecular complexity index is 855. The number of halogens is 3. The number of carbonyl (C=O) groups excluding carboxylic acids is 1.